The lowest BCUT2D eigenvalue weighted by atomic mass is 10.1. The highest BCUT2D eigenvalue weighted by atomic mass is 16.5. The van der Waals surface area contributed by atoms with Crippen LogP contribution in [0.5, 0.6) is 5.75 Å². The maximum Gasteiger partial charge on any atom is 0.343 e. The van der Waals surface area contributed by atoms with Gasteiger partial charge in [0.25, 0.3) is 0 Å². The lowest BCUT2D eigenvalue weighted by Crippen LogP contribution is -2.08. The third-order valence-electron chi connectivity index (χ3n) is 2.79. The van der Waals surface area contributed by atoms with Crippen molar-refractivity contribution in [3.63, 3.8) is 0 Å². The van der Waals surface area contributed by atoms with Crippen LogP contribution in [0.4, 0.5) is 0 Å². The van der Waals surface area contributed by atoms with E-state index in [0.29, 0.717) is 11.3 Å². The van der Waals surface area contributed by atoms with E-state index in [1.165, 1.54) is 0 Å². The van der Waals surface area contributed by atoms with Gasteiger partial charge in [-0.3, -0.25) is 4.98 Å². The van der Waals surface area contributed by atoms with E-state index in [0.717, 1.165) is 10.9 Å². The molecule has 0 spiro atoms. The molecule has 92 valence electrons. The first-order valence-corrected chi connectivity index (χ1v) is 5.95. The van der Waals surface area contributed by atoms with E-state index < -0.39 is 0 Å². The molecule has 3 aromatic rings. The quantitative estimate of drug-likeness (QED) is 0.515. The van der Waals surface area contributed by atoms with Crippen molar-refractivity contribution < 1.29 is 9.53 Å². The Labute approximate surface area is 110 Å². The molecule has 0 fully saturated rings. The van der Waals surface area contributed by atoms with Crippen molar-refractivity contribution in [3.05, 3.63) is 72.4 Å². The van der Waals surface area contributed by atoms with Crippen LogP contribution in [0.15, 0.2) is 66.9 Å². The van der Waals surface area contributed by atoms with E-state index >= 15 is 0 Å². The number of hydrogen-bond acceptors (Lipinski definition) is 3. The molecule has 0 saturated carbocycles. The Morgan fingerprint density at radius 2 is 1.79 bits per heavy atom. The molecule has 0 unspecified atom stereocenters. The molecule has 19 heavy (non-hydrogen) atoms. The predicted molar refractivity (Wildman–Crippen MR) is 73.1 cm³/mol. The fourth-order valence-electron chi connectivity index (χ4n) is 1.86. The zero-order valence-electron chi connectivity index (χ0n) is 10.1. The fourth-order valence-corrected chi connectivity index (χ4v) is 1.86. The molecule has 0 N–H and O–H groups in total. The number of fused-ring (bicyclic) bond motifs is 1. The third-order valence-corrected chi connectivity index (χ3v) is 2.79. The van der Waals surface area contributed by atoms with E-state index in [1.807, 2.05) is 36.4 Å². The summed E-state index contributed by atoms with van der Waals surface area (Å²) in [5.41, 5.74) is 1.38. The van der Waals surface area contributed by atoms with Gasteiger partial charge in [0.1, 0.15) is 5.75 Å². The van der Waals surface area contributed by atoms with Crippen molar-refractivity contribution in [2.24, 2.45) is 0 Å². The molecule has 3 nitrogen and oxygen atoms in total. The molecule has 0 amide bonds. The van der Waals surface area contributed by atoms with Crippen LogP contribution in [-0.2, 0) is 0 Å². The summed E-state index contributed by atoms with van der Waals surface area (Å²) in [5.74, 6) is 0.177. The van der Waals surface area contributed by atoms with Crippen molar-refractivity contribution >= 4 is 16.9 Å². The number of benzene rings is 2. The number of carbonyl (C=O) groups is 1. The first-order chi connectivity index (χ1) is 9.33. The monoisotopic (exact) mass is 249 g/mol. The molecule has 0 radical (unpaired) electrons. The Bertz CT molecular complexity index is 723. The van der Waals surface area contributed by atoms with Gasteiger partial charge < -0.3 is 4.74 Å². The number of pyridine rings is 1. The Hall–Kier alpha value is -2.68. The Morgan fingerprint density at radius 1 is 0.947 bits per heavy atom. The summed E-state index contributed by atoms with van der Waals surface area (Å²) in [6.45, 7) is 0. The minimum absolute atomic E-state index is 0.364. The highest BCUT2D eigenvalue weighted by Gasteiger charge is 2.09. The summed E-state index contributed by atoms with van der Waals surface area (Å²) in [7, 11) is 0. The Kier molecular flexibility index (Phi) is 2.94. The third kappa shape index (κ3) is 2.45. The lowest BCUT2D eigenvalue weighted by molar-refractivity contribution is 0.0735. The van der Waals surface area contributed by atoms with E-state index in [9.17, 15) is 4.79 Å². The van der Waals surface area contributed by atoms with Crippen LogP contribution in [0.25, 0.3) is 10.9 Å². The van der Waals surface area contributed by atoms with Gasteiger partial charge in [0, 0.05) is 11.6 Å². The number of ether oxygens (including phenoxy) is 1. The first-order valence-electron chi connectivity index (χ1n) is 5.95. The van der Waals surface area contributed by atoms with Gasteiger partial charge in [0.15, 0.2) is 0 Å². The van der Waals surface area contributed by atoms with E-state index in [4.69, 9.17) is 4.74 Å². The molecular weight excluding hydrogens is 238 g/mol. The second-order valence-corrected chi connectivity index (χ2v) is 4.11. The van der Waals surface area contributed by atoms with Crippen molar-refractivity contribution in [3.8, 4) is 5.75 Å². The van der Waals surface area contributed by atoms with E-state index in [1.54, 1.807) is 30.5 Å². The summed E-state index contributed by atoms with van der Waals surface area (Å²) in [6, 6.07) is 18.1. The minimum Gasteiger partial charge on any atom is -0.423 e. The normalized spacial score (nSPS) is 10.3. The summed E-state index contributed by atoms with van der Waals surface area (Å²) in [6.07, 6.45) is 1.73. The topological polar surface area (TPSA) is 39.2 Å². The number of carbonyl (C=O) groups excluding carboxylic acids is 1. The van der Waals surface area contributed by atoms with Gasteiger partial charge in [-0.25, -0.2) is 4.79 Å². The molecule has 0 bridgehead atoms. The molecular formula is C16H11NO2. The van der Waals surface area contributed by atoms with Gasteiger partial charge in [0.2, 0.25) is 0 Å². The molecule has 3 rings (SSSR count). The summed E-state index contributed by atoms with van der Waals surface area (Å²) in [4.78, 5) is 16.2. The molecule has 0 aliphatic rings. The fraction of sp³-hybridized carbons (Fsp3) is 0. The van der Waals surface area contributed by atoms with Crippen LogP contribution in [0, 0.1) is 0 Å². The number of esters is 1. The molecule has 0 aliphatic heterocycles. The smallest absolute Gasteiger partial charge is 0.343 e. The molecule has 1 heterocycles. The van der Waals surface area contributed by atoms with E-state index in [-0.39, 0.29) is 5.97 Å². The van der Waals surface area contributed by atoms with Crippen molar-refractivity contribution in [1.82, 2.24) is 4.98 Å². The van der Waals surface area contributed by atoms with Gasteiger partial charge in [-0.05, 0) is 36.4 Å². The molecule has 3 heteroatoms. The summed E-state index contributed by atoms with van der Waals surface area (Å²) in [5, 5.41) is 0.921. The first kappa shape index (κ1) is 11.4. The number of aromatic nitrogens is 1. The molecule has 0 atom stereocenters. The largest absolute Gasteiger partial charge is 0.423 e. The van der Waals surface area contributed by atoms with Gasteiger partial charge in [-0.15, -0.1) is 0 Å². The minimum atomic E-state index is -0.364. The van der Waals surface area contributed by atoms with Crippen LogP contribution >= 0.6 is 0 Å². The van der Waals surface area contributed by atoms with Crippen LogP contribution in [0.3, 0.4) is 0 Å². The molecule has 0 saturated heterocycles. The summed E-state index contributed by atoms with van der Waals surface area (Å²) >= 11 is 0. The number of para-hydroxylation sites is 1. The SMILES string of the molecule is O=C(Oc1ccccc1)c1ccc2ncccc2c1. The summed E-state index contributed by atoms with van der Waals surface area (Å²) < 4.78 is 5.29. The van der Waals surface area contributed by atoms with Gasteiger partial charge >= 0.3 is 5.97 Å². The zero-order valence-corrected chi connectivity index (χ0v) is 10.1. The van der Waals surface area contributed by atoms with Crippen LogP contribution in [0.2, 0.25) is 0 Å². The standard InChI is InChI=1S/C16H11NO2/c18-16(19-14-6-2-1-3-7-14)13-8-9-15-12(11-13)5-4-10-17-15/h1-11H. The number of nitrogens with zero attached hydrogens (tertiary/aromatic N) is 1. The van der Waals surface area contributed by atoms with Gasteiger partial charge in [-0.2, -0.15) is 0 Å². The Morgan fingerprint density at radius 3 is 2.63 bits per heavy atom. The molecule has 0 aliphatic carbocycles. The Balaban J connectivity index is 1.89. The van der Waals surface area contributed by atoms with Crippen molar-refractivity contribution in [2.75, 3.05) is 0 Å². The van der Waals surface area contributed by atoms with Crippen molar-refractivity contribution in [1.29, 1.82) is 0 Å². The maximum absolute atomic E-state index is 12.0. The average Bonchev–Trinajstić information content (AvgIpc) is 2.48. The average molecular weight is 249 g/mol. The lowest BCUT2D eigenvalue weighted by Gasteiger charge is -2.04. The van der Waals surface area contributed by atoms with Crippen LogP contribution < -0.4 is 4.74 Å². The molecule has 1 aromatic heterocycles. The van der Waals surface area contributed by atoms with Crippen LogP contribution in [-0.4, -0.2) is 11.0 Å². The van der Waals surface area contributed by atoms with Crippen molar-refractivity contribution in [2.45, 2.75) is 0 Å². The number of hydrogen-bond donors (Lipinski definition) is 0. The predicted octanol–water partition coefficient (Wildman–Crippen LogP) is 3.45. The number of rotatable bonds is 2. The van der Waals surface area contributed by atoms with E-state index in [2.05, 4.69) is 4.98 Å². The molecule has 2 aromatic carbocycles. The maximum atomic E-state index is 12.0. The van der Waals surface area contributed by atoms with Gasteiger partial charge in [-0.1, -0.05) is 24.3 Å². The van der Waals surface area contributed by atoms with Crippen LogP contribution in [0.1, 0.15) is 10.4 Å². The second-order valence-electron chi connectivity index (χ2n) is 4.11. The highest BCUT2D eigenvalue weighted by molar-refractivity contribution is 5.95. The van der Waals surface area contributed by atoms with Gasteiger partial charge in [0.05, 0.1) is 11.1 Å². The highest BCUT2D eigenvalue weighted by Crippen LogP contribution is 2.16. The zero-order chi connectivity index (χ0) is 13.1. The second kappa shape index (κ2) is 4.90.